The van der Waals surface area contributed by atoms with Crippen molar-refractivity contribution in [1.29, 1.82) is 0 Å². The van der Waals surface area contributed by atoms with Crippen LogP contribution in [0.1, 0.15) is 0 Å². The van der Waals surface area contributed by atoms with Crippen molar-refractivity contribution in [3.05, 3.63) is 12.7 Å². The first-order valence-electron chi connectivity index (χ1n) is 2.74. The van der Waals surface area contributed by atoms with E-state index in [0.717, 1.165) is 6.08 Å². The van der Waals surface area contributed by atoms with Crippen LogP contribution in [0.25, 0.3) is 0 Å². The molecule has 4 heteroatoms. The predicted molar refractivity (Wildman–Crippen MR) is 41.0 cm³/mol. The van der Waals surface area contributed by atoms with Crippen LogP contribution in [0.3, 0.4) is 0 Å². The van der Waals surface area contributed by atoms with Gasteiger partial charge in [-0.3, -0.25) is 0 Å². The maximum atomic E-state index is 10.5. The van der Waals surface area contributed by atoms with Gasteiger partial charge in [0.1, 0.15) is 6.10 Å². The van der Waals surface area contributed by atoms with Gasteiger partial charge >= 0.3 is 5.97 Å². The summed E-state index contributed by atoms with van der Waals surface area (Å²) in [4.78, 5) is 10.5. The molecule has 3 nitrogen and oxygen atoms in total. The standard InChI is InChI=1S/C6H9BrO3/c1-2-6(9)10-5(3-7)4-8/h2,5,8H,1,3-4H2. The number of esters is 1. The molecule has 1 N–H and O–H groups in total. The van der Waals surface area contributed by atoms with Crippen LogP contribution in [0, 0.1) is 0 Å². The Balaban J connectivity index is 3.62. The second kappa shape index (κ2) is 5.44. The van der Waals surface area contributed by atoms with E-state index in [9.17, 15) is 4.79 Å². The van der Waals surface area contributed by atoms with Crippen LogP contribution in [0.4, 0.5) is 0 Å². The molecular formula is C6H9BrO3. The SMILES string of the molecule is C=CC(=O)OC(CO)CBr. The molecule has 0 aliphatic heterocycles. The molecule has 0 amide bonds. The Labute approximate surface area is 67.8 Å². The molecule has 0 aromatic rings. The molecule has 0 fully saturated rings. The van der Waals surface area contributed by atoms with E-state index in [-0.39, 0.29) is 6.61 Å². The van der Waals surface area contributed by atoms with Crippen molar-refractivity contribution in [2.45, 2.75) is 6.10 Å². The van der Waals surface area contributed by atoms with Gasteiger partial charge in [0.05, 0.1) is 6.61 Å². The Morgan fingerprint density at radius 1 is 1.90 bits per heavy atom. The Hall–Kier alpha value is -0.350. The Morgan fingerprint density at radius 2 is 2.50 bits per heavy atom. The van der Waals surface area contributed by atoms with E-state index < -0.39 is 12.1 Å². The molecule has 0 rings (SSSR count). The lowest BCUT2D eigenvalue weighted by atomic mass is 10.4. The molecule has 1 unspecified atom stereocenters. The molecule has 0 aliphatic rings. The van der Waals surface area contributed by atoms with E-state index in [2.05, 4.69) is 27.2 Å². The number of hydrogen-bond donors (Lipinski definition) is 1. The highest BCUT2D eigenvalue weighted by Crippen LogP contribution is 1.96. The monoisotopic (exact) mass is 208 g/mol. The van der Waals surface area contributed by atoms with Crippen molar-refractivity contribution in [2.75, 3.05) is 11.9 Å². The first-order chi connectivity index (χ1) is 4.74. The van der Waals surface area contributed by atoms with Gasteiger partial charge in [-0.2, -0.15) is 0 Å². The summed E-state index contributed by atoms with van der Waals surface area (Å²) in [6.45, 7) is 3.04. The summed E-state index contributed by atoms with van der Waals surface area (Å²) in [5.41, 5.74) is 0. The van der Waals surface area contributed by atoms with Crippen LogP contribution in [0.2, 0.25) is 0 Å². The van der Waals surface area contributed by atoms with Crippen LogP contribution >= 0.6 is 15.9 Å². The number of alkyl halides is 1. The van der Waals surface area contributed by atoms with Crippen molar-refractivity contribution in [3.63, 3.8) is 0 Å². The molecule has 0 saturated carbocycles. The zero-order valence-corrected chi connectivity index (χ0v) is 7.00. The topological polar surface area (TPSA) is 46.5 Å². The summed E-state index contributed by atoms with van der Waals surface area (Å²) < 4.78 is 4.64. The molecule has 0 saturated heterocycles. The van der Waals surface area contributed by atoms with Crippen molar-refractivity contribution in [1.82, 2.24) is 0 Å². The van der Waals surface area contributed by atoms with E-state index in [1.54, 1.807) is 0 Å². The minimum Gasteiger partial charge on any atom is -0.456 e. The lowest BCUT2D eigenvalue weighted by Gasteiger charge is -2.09. The number of hydrogen-bond acceptors (Lipinski definition) is 3. The predicted octanol–water partition coefficient (Wildman–Crippen LogP) is 0.471. The summed E-state index contributed by atoms with van der Waals surface area (Å²) in [6, 6.07) is 0. The zero-order chi connectivity index (χ0) is 7.98. The highest BCUT2D eigenvalue weighted by molar-refractivity contribution is 9.09. The Morgan fingerprint density at radius 3 is 2.80 bits per heavy atom. The smallest absolute Gasteiger partial charge is 0.330 e. The summed E-state index contributed by atoms with van der Waals surface area (Å²) >= 11 is 3.06. The van der Waals surface area contributed by atoms with E-state index in [1.165, 1.54) is 0 Å². The second-order valence-corrected chi connectivity index (χ2v) is 2.25. The number of carbonyl (C=O) groups is 1. The van der Waals surface area contributed by atoms with Gasteiger partial charge in [0.25, 0.3) is 0 Å². The molecule has 0 bridgehead atoms. The fourth-order valence-corrected chi connectivity index (χ4v) is 0.667. The summed E-state index contributed by atoms with van der Waals surface area (Å²) in [5, 5.41) is 8.96. The van der Waals surface area contributed by atoms with Gasteiger partial charge in [0.2, 0.25) is 0 Å². The van der Waals surface area contributed by atoms with Crippen LogP contribution in [0.5, 0.6) is 0 Å². The van der Waals surface area contributed by atoms with Gasteiger partial charge in [0.15, 0.2) is 0 Å². The molecule has 0 aliphatic carbocycles. The maximum absolute atomic E-state index is 10.5. The number of ether oxygens (including phenoxy) is 1. The fraction of sp³-hybridized carbons (Fsp3) is 0.500. The molecule has 58 valence electrons. The lowest BCUT2D eigenvalue weighted by Crippen LogP contribution is -2.21. The van der Waals surface area contributed by atoms with Gasteiger partial charge in [-0.1, -0.05) is 22.5 Å². The maximum Gasteiger partial charge on any atom is 0.330 e. The number of halogens is 1. The van der Waals surface area contributed by atoms with Crippen molar-refractivity contribution >= 4 is 21.9 Å². The van der Waals surface area contributed by atoms with E-state index in [1.807, 2.05) is 0 Å². The van der Waals surface area contributed by atoms with Crippen LogP contribution < -0.4 is 0 Å². The van der Waals surface area contributed by atoms with Gasteiger partial charge in [-0.05, 0) is 0 Å². The number of rotatable bonds is 4. The third kappa shape index (κ3) is 3.63. The first kappa shape index (κ1) is 9.65. The Bertz CT molecular complexity index is 120. The second-order valence-electron chi connectivity index (χ2n) is 1.60. The van der Waals surface area contributed by atoms with E-state index in [4.69, 9.17) is 5.11 Å². The van der Waals surface area contributed by atoms with Crippen LogP contribution in [-0.4, -0.2) is 29.1 Å². The minimum absolute atomic E-state index is 0.176. The van der Waals surface area contributed by atoms with Crippen molar-refractivity contribution < 1.29 is 14.6 Å². The van der Waals surface area contributed by atoms with Crippen LogP contribution in [0.15, 0.2) is 12.7 Å². The highest BCUT2D eigenvalue weighted by Gasteiger charge is 2.08. The van der Waals surface area contributed by atoms with Gasteiger partial charge in [0, 0.05) is 11.4 Å². The summed E-state index contributed by atoms with van der Waals surface area (Å²) in [5.74, 6) is -0.515. The number of aliphatic hydroxyl groups is 1. The van der Waals surface area contributed by atoms with Gasteiger partial charge < -0.3 is 9.84 Å². The molecule has 10 heavy (non-hydrogen) atoms. The fourth-order valence-electron chi connectivity index (χ4n) is 0.330. The molecule has 0 spiro atoms. The summed E-state index contributed by atoms with van der Waals surface area (Å²) in [6.07, 6.45) is 0.594. The lowest BCUT2D eigenvalue weighted by molar-refractivity contribution is -0.143. The molecule has 0 heterocycles. The molecule has 0 radical (unpaired) electrons. The quantitative estimate of drug-likeness (QED) is 0.416. The van der Waals surface area contributed by atoms with E-state index in [0.29, 0.717) is 5.33 Å². The molecule has 1 atom stereocenters. The zero-order valence-electron chi connectivity index (χ0n) is 5.42. The van der Waals surface area contributed by atoms with Crippen molar-refractivity contribution in [2.24, 2.45) is 0 Å². The average molecular weight is 209 g/mol. The first-order valence-corrected chi connectivity index (χ1v) is 3.86. The third-order valence-corrected chi connectivity index (χ3v) is 1.55. The average Bonchev–Trinajstić information content (AvgIpc) is 1.99. The molecule has 0 aromatic heterocycles. The molecular weight excluding hydrogens is 200 g/mol. The minimum atomic E-state index is -0.515. The normalized spacial score (nSPS) is 12.2. The number of carbonyl (C=O) groups excluding carboxylic acids is 1. The largest absolute Gasteiger partial charge is 0.456 e. The Kier molecular flexibility index (Phi) is 5.25. The third-order valence-electron chi connectivity index (χ3n) is 0.825. The van der Waals surface area contributed by atoms with Crippen molar-refractivity contribution in [3.8, 4) is 0 Å². The van der Waals surface area contributed by atoms with Crippen LogP contribution in [-0.2, 0) is 9.53 Å². The van der Waals surface area contributed by atoms with Gasteiger partial charge in [-0.15, -0.1) is 0 Å². The highest BCUT2D eigenvalue weighted by atomic mass is 79.9. The van der Waals surface area contributed by atoms with Gasteiger partial charge in [-0.25, -0.2) is 4.79 Å². The molecule has 0 aromatic carbocycles. The summed E-state index contributed by atoms with van der Waals surface area (Å²) in [7, 11) is 0. The van der Waals surface area contributed by atoms with E-state index >= 15 is 0 Å². The number of aliphatic hydroxyl groups excluding tert-OH is 1.